The van der Waals surface area contributed by atoms with Crippen LogP contribution in [-0.2, 0) is 18.4 Å². The molecule has 1 aliphatic rings. The molecule has 6 nitrogen and oxygen atoms in total. The van der Waals surface area contributed by atoms with E-state index in [2.05, 4.69) is 23.3 Å². The van der Waals surface area contributed by atoms with E-state index in [-0.39, 0.29) is 11.9 Å². The molecule has 1 amide bonds. The number of nitrogens with zero attached hydrogens (tertiary/aromatic N) is 3. The molecule has 1 aliphatic heterocycles. The highest BCUT2D eigenvalue weighted by molar-refractivity contribution is 5.76. The van der Waals surface area contributed by atoms with Crippen LogP contribution in [0.2, 0.25) is 0 Å². The minimum absolute atomic E-state index is 0.125. The molecule has 4 rings (SSSR count). The summed E-state index contributed by atoms with van der Waals surface area (Å²) < 4.78 is 7.74. The lowest BCUT2D eigenvalue weighted by Gasteiger charge is -2.26. The third-order valence-electron chi connectivity index (χ3n) is 5.23. The van der Waals surface area contributed by atoms with E-state index in [0.29, 0.717) is 13.0 Å². The van der Waals surface area contributed by atoms with Crippen molar-refractivity contribution in [2.45, 2.75) is 25.9 Å². The zero-order valence-corrected chi connectivity index (χ0v) is 16.8. The number of aromatic nitrogens is 2. The Morgan fingerprint density at radius 3 is 2.59 bits per heavy atom. The van der Waals surface area contributed by atoms with E-state index in [4.69, 9.17) is 9.84 Å². The van der Waals surface area contributed by atoms with Crippen molar-refractivity contribution in [1.29, 1.82) is 0 Å². The van der Waals surface area contributed by atoms with Crippen molar-refractivity contribution in [3.63, 3.8) is 0 Å². The molecule has 0 aliphatic carbocycles. The second-order valence-electron chi connectivity index (χ2n) is 7.49. The smallest absolute Gasteiger partial charge is 0.221 e. The van der Waals surface area contributed by atoms with Crippen LogP contribution < -0.4 is 10.1 Å². The number of benzene rings is 2. The van der Waals surface area contributed by atoms with Gasteiger partial charge in [0.15, 0.2) is 0 Å². The number of carbonyl (C=O) groups is 1. The van der Waals surface area contributed by atoms with Crippen LogP contribution in [0.3, 0.4) is 0 Å². The van der Waals surface area contributed by atoms with Crippen LogP contribution in [0.4, 0.5) is 0 Å². The summed E-state index contributed by atoms with van der Waals surface area (Å²) in [5.41, 5.74) is 3.18. The molecule has 0 spiro atoms. The molecule has 2 heterocycles. The van der Waals surface area contributed by atoms with Gasteiger partial charge in [0.05, 0.1) is 5.69 Å². The number of hydrogen-bond donors (Lipinski definition) is 1. The highest BCUT2D eigenvalue weighted by Gasteiger charge is 2.22. The Morgan fingerprint density at radius 2 is 1.83 bits per heavy atom. The van der Waals surface area contributed by atoms with E-state index in [9.17, 15) is 4.79 Å². The number of nitrogens with one attached hydrogen (secondary N) is 1. The van der Waals surface area contributed by atoms with Crippen molar-refractivity contribution in [3.05, 3.63) is 66.4 Å². The fourth-order valence-corrected chi connectivity index (χ4v) is 3.60. The summed E-state index contributed by atoms with van der Waals surface area (Å²) in [7, 11) is 1.94. The van der Waals surface area contributed by atoms with Crippen LogP contribution in [-0.4, -0.2) is 39.7 Å². The van der Waals surface area contributed by atoms with Crippen molar-refractivity contribution in [2.24, 2.45) is 7.05 Å². The second-order valence-corrected chi connectivity index (χ2v) is 7.49. The van der Waals surface area contributed by atoms with Gasteiger partial charge in [-0.2, -0.15) is 5.10 Å². The van der Waals surface area contributed by atoms with Gasteiger partial charge in [0.25, 0.3) is 0 Å². The van der Waals surface area contributed by atoms with Gasteiger partial charge in [0.2, 0.25) is 5.91 Å². The molecule has 0 bridgehead atoms. The van der Waals surface area contributed by atoms with Crippen molar-refractivity contribution >= 4 is 5.91 Å². The van der Waals surface area contributed by atoms with Crippen molar-refractivity contribution < 1.29 is 9.53 Å². The van der Waals surface area contributed by atoms with Gasteiger partial charge in [-0.05, 0) is 43.3 Å². The van der Waals surface area contributed by atoms with Crippen molar-refractivity contribution in [2.75, 3.05) is 13.1 Å². The number of aryl methyl sites for hydroxylation is 1. The summed E-state index contributed by atoms with van der Waals surface area (Å²) in [6.45, 7) is 4.35. The predicted molar refractivity (Wildman–Crippen MR) is 113 cm³/mol. The van der Waals surface area contributed by atoms with Crippen LogP contribution in [0.15, 0.2) is 60.8 Å². The topological polar surface area (TPSA) is 59.4 Å². The Kier molecular flexibility index (Phi) is 5.62. The lowest BCUT2D eigenvalue weighted by atomic mass is 10.1. The van der Waals surface area contributed by atoms with E-state index in [1.807, 2.05) is 66.3 Å². The summed E-state index contributed by atoms with van der Waals surface area (Å²) >= 11 is 0. The minimum atomic E-state index is 0.125. The van der Waals surface area contributed by atoms with E-state index >= 15 is 0 Å². The quantitative estimate of drug-likeness (QED) is 0.723. The lowest BCUT2D eigenvalue weighted by Crippen LogP contribution is -2.37. The fourth-order valence-electron chi connectivity index (χ4n) is 3.60. The number of hydrogen-bond acceptors (Lipinski definition) is 4. The monoisotopic (exact) mass is 390 g/mol. The highest BCUT2D eigenvalue weighted by Crippen LogP contribution is 2.28. The molecule has 0 unspecified atom stereocenters. The molecule has 1 aromatic heterocycles. The Labute approximate surface area is 171 Å². The highest BCUT2D eigenvalue weighted by atomic mass is 16.5. The minimum Gasteiger partial charge on any atom is -0.457 e. The Hall–Kier alpha value is -3.12. The standard InChI is InChI=1S/C23H26N4O2/c1-17-14-24-22(28)12-13-27(17)16-19-15-26(2)25-23(19)18-8-10-21(11-9-18)29-20-6-4-3-5-7-20/h3-11,15,17H,12-14,16H2,1-2H3,(H,24,28)/t17-/m0/s1. The van der Waals surface area contributed by atoms with Crippen LogP contribution >= 0.6 is 0 Å². The average molecular weight is 390 g/mol. The molecule has 1 fully saturated rings. The lowest BCUT2D eigenvalue weighted by molar-refractivity contribution is -0.120. The number of para-hydroxylation sites is 1. The molecule has 1 saturated heterocycles. The zero-order chi connectivity index (χ0) is 20.2. The Balaban J connectivity index is 1.52. The molecule has 6 heteroatoms. The van der Waals surface area contributed by atoms with Gasteiger partial charge < -0.3 is 10.1 Å². The molecule has 3 aromatic rings. The van der Waals surface area contributed by atoms with Gasteiger partial charge in [-0.1, -0.05) is 18.2 Å². The summed E-state index contributed by atoms with van der Waals surface area (Å²) in [5.74, 6) is 1.74. The van der Waals surface area contributed by atoms with Crippen LogP contribution in [0.25, 0.3) is 11.3 Å². The molecule has 1 N–H and O–H groups in total. The van der Waals surface area contributed by atoms with Gasteiger partial charge in [0, 0.05) is 56.5 Å². The van der Waals surface area contributed by atoms with Gasteiger partial charge in [-0.15, -0.1) is 0 Å². The number of ether oxygens (including phenoxy) is 1. The van der Waals surface area contributed by atoms with E-state index in [1.165, 1.54) is 0 Å². The largest absolute Gasteiger partial charge is 0.457 e. The van der Waals surface area contributed by atoms with Gasteiger partial charge >= 0.3 is 0 Å². The molecule has 0 radical (unpaired) electrons. The molecule has 2 aromatic carbocycles. The first-order chi connectivity index (χ1) is 14.1. The zero-order valence-electron chi connectivity index (χ0n) is 16.8. The third kappa shape index (κ3) is 4.66. The van der Waals surface area contributed by atoms with E-state index in [1.54, 1.807) is 0 Å². The van der Waals surface area contributed by atoms with Crippen LogP contribution in [0.1, 0.15) is 18.9 Å². The summed E-state index contributed by atoms with van der Waals surface area (Å²) in [4.78, 5) is 14.1. The van der Waals surface area contributed by atoms with Crippen molar-refractivity contribution in [3.8, 4) is 22.8 Å². The molecular formula is C23H26N4O2. The van der Waals surface area contributed by atoms with Crippen molar-refractivity contribution in [1.82, 2.24) is 20.0 Å². The predicted octanol–water partition coefficient (Wildman–Crippen LogP) is 3.59. The fraction of sp³-hybridized carbons (Fsp3) is 0.304. The Morgan fingerprint density at radius 1 is 1.10 bits per heavy atom. The maximum Gasteiger partial charge on any atom is 0.221 e. The van der Waals surface area contributed by atoms with Crippen LogP contribution in [0.5, 0.6) is 11.5 Å². The van der Waals surface area contributed by atoms with Gasteiger partial charge in [0.1, 0.15) is 11.5 Å². The molecular weight excluding hydrogens is 364 g/mol. The maximum atomic E-state index is 11.7. The van der Waals surface area contributed by atoms with E-state index < -0.39 is 0 Å². The first-order valence-corrected chi connectivity index (χ1v) is 9.95. The second kappa shape index (κ2) is 8.49. The number of amides is 1. The molecule has 1 atom stereocenters. The van der Waals surface area contributed by atoms with Gasteiger partial charge in [-0.25, -0.2) is 0 Å². The van der Waals surface area contributed by atoms with E-state index in [0.717, 1.165) is 41.4 Å². The summed E-state index contributed by atoms with van der Waals surface area (Å²) in [5, 5.41) is 7.66. The Bertz CT molecular complexity index is 966. The molecule has 150 valence electrons. The first kappa shape index (κ1) is 19.2. The SMILES string of the molecule is C[C@H]1CNC(=O)CCN1Cc1cn(C)nc1-c1ccc(Oc2ccccc2)cc1. The summed E-state index contributed by atoms with van der Waals surface area (Å²) in [6.07, 6.45) is 2.60. The molecule has 29 heavy (non-hydrogen) atoms. The normalized spacial score (nSPS) is 17.6. The summed E-state index contributed by atoms with van der Waals surface area (Å²) in [6, 6.07) is 18.1. The number of carbonyl (C=O) groups excluding carboxylic acids is 1. The third-order valence-corrected chi connectivity index (χ3v) is 5.23. The number of rotatable bonds is 5. The van der Waals surface area contributed by atoms with Crippen LogP contribution in [0, 0.1) is 0 Å². The maximum absolute atomic E-state index is 11.7. The average Bonchev–Trinajstić information content (AvgIpc) is 3.02. The van der Waals surface area contributed by atoms with Gasteiger partial charge in [-0.3, -0.25) is 14.4 Å². The molecule has 0 saturated carbocycles. The first-order valence-electron chi connectivity index (χ1n) is 9.95.